The van der Waals surface area contributed by atoms with Gasteiger partial charge in [-0.15, -0.1) is 0 Å². The summed E-state index contributed by atoms with van der Waals surface area (Å²) in [5, 5.41) is 9.73. The number of rotatable bonds is 2. The summed E-state index contributed by atoms with van der Waals surface area (Å²) in [5.74, 6) is -0.0381. The van der Waals surface area contributed by atoms with Gasteiger partial charge in [0.25, 0.3) is 0 Å². The highest BCUT2D eigenvalue weighted by molar-refractivity contribution is 5.79. The third-order valence-corrected chi connectivity index (χ3v) is 2.51. The van der Waals surface area contributed by atoms with Gasteiger partial charge in [-0.1, -0.05) is 6.07 Å². The number of para-hydroxylation sites is 1. The van der Waals surface area contributed by atoms with Gasteiger partial charge in [0.2, 0.25) is 6.79 Å². The van der Waals surface area contributed by atoms with E-state index >= 15 is 0 Å². The second-order valence-corrected chi connectivity index (χ2v) is 3.59. The fraction of sp³-hybridized carbons (Fsp3) is 0.182. The number of phenolic OH excluding ortho intramolecular Hbond substituents is 1. The Balaban J connectivity index is 2.14. The van der Waals surface area contributed by atoms with Crippen LogP contribution in [0.3, 0.4) is 0 Å². The van der Waals surface area contributed by atoms with Gasteiger partial charge in [0.1, 0.15) is 17.5 Å². The minimum absolute atomic E-state index is 0.00661. The van der Waals surface area contributed by atoms with Crippen LogP contribution in [0.1, 0.15) is 0 Å². The SMILES string of the molecule is O=c1oc2cccc(O)c2n1CC1=COCO1. The van der Waals surface area contributed by atoms with Crippen molar-refractivity contribution in [1.29, 1.82) is 0 Å². The molecule has 88 valence electrons. The van der Waals surface area contributed by atoms with Gasteiger partial charge in [0, 0.05) is 0 Å². The molecule has 0 amide bonds. The molecule has 0 fully saturated rings. The highest BCUT2D eigenvalue weighted by atomic mass is 16.7. The predicted molar refractivity (Wildman–Crippen MR) is 57.3 cm³/mol. The van der Waals surface area contributed by atoms with Gasteiger partial charge in [-0.25, -0.2) is 4.79 Å². The molecule has 0 aliphatic carbocycles. The van der Waals surface area contributed by atoms with Crippen molar-refractivity contribution in [2.24, 2.45) is 0 Å². The fourth-order valence-corrected chi connectivity index (χ4v) is 1.76. The van der Waals surface area contributed by atoms with Crippen molar-refractivity contribution in [3.05, 3.63) is 40.8 Å². The first-order chi connectivity index (χ1) is 8.25. The smallest absolute Gasteiger partial charge is 0.420 e. The monoisotopic (exact) mass is 235 g/mol. The second-order valence-electron chi connectivity index (χ2n) is 3.59. The van der Waals surface area contributed by atoms with Crippen LogP contribution in [0.15, 0.2) is 39.4 Å². The number of fused-ring (bicyclic) bond motifs is 1. The zero-order chi connectivity index (χ0) is 11.8. The number of phenols is 1. The number of nitrogens with zero attached hydrogens (tertiary/aromatic N) is 1. The maximum absolute atomic E-state index is 11.6. The van der Waals surface area contributed by atoms with Crippen LogP contribution in [0, 0.1) is 0 Å². The molecule has 1 aliphatic rings. The Kier molecular flexibility index (Phi) is 2.07. The molecule has 6 heteroatoms. The minimum atomic E-state index is -0.544. The molecule has 17 heavy (non-hydrogen) atoms. The molecular weight excluding hydrogens is 226 g/mol. The van der Waals surface area contributed by atoms with Crippen molar-refractivity contribution in [2.45, 2.75) is 6.54 Å². The van der Waals surface area contributed by atoms with Crippen LogP contribution in [0.2, 0.25) is 0 Å². The third-order valence-electron chi connectivity index (χ3n) is 2.51. The van der Waals surface area contributed by atoms with Crippen LogP contribution < -0.4 is 5.76 Å². The van der Waals surface area contributed by atoms with Crippen molar-refractivity contribution in [3.63, 3.8) is 0 Å². The molecule has 1 aromatic heterocycles. The van der Waals surface area contributed by atoms with E-state index in [0.29, 0.717) is 16.9 Å². The number of oxazole rings is 1. The highest BCUT2D eigenvalue weighted by Gasteiger charge is 2.16. The molecule has 0 radical (unpaired) electrons. The largest absolute Gasteiger partial charge is 0.506 e. The highest BCUT2D eigenvalue weighted by Crippen LogP contribution is 2.24. The Morgan fingerprint density at radius 3 is 3.06 bits per heavy atom. The Hall–Kier alpha value is -2.37. The van der Waals surface area contributed by atoms with Crippen LogP contribution in [-0.2, 0) is 16.0 Å². The first-order valence-electron chi connectivity index (χ1n) is 5.00. The number of allylic oxidation sites excluding steroid dienone is 1. The normalized spacial score (nSPS) is 14.5. The number of ether oxygens (including phenoxy) is 2. The summed E-state index contributed by atoms with van der Waals surface area (Å²) in [6.45, 7) is 0.315. The molecule has 0 atom stereocenters. The lowest BCUT2D eigenvalue weighted by Gasteiger charge is -2.03. The molecule has 1 N–H and O–H groups in total. The van der Waals surface area contributed by atoms with Gasteiger partial charge >= 0.3 is 5.76 Å². The summed E-state index contributed by atoms with van der Waals surface area (Å²) >= 11 is 0. The van der Waals surface area contributed by atoms with E-state index in [4.69, 9.17) is 13.9 Å². The topological polar surface area (TPSA) is 73.8 Å². The van der Waals surface area contributed by atoms with Gasteiger partial charge in [0.15, 0.2) is 11.3 Å². The zero-order valence-corrected chi connectivity index (χ0v) is 8.75. The van der Waals surface area contributed by atoms with Crippen molar-refractivity contribution in [3.8, 4) is 5.75 Å². The molecule has 0 spiro atoms. The first-order valence-corrected chi connectivity index (χ1v) is 5.00. The van der Waals surface area contributed by atoms with E-state index in [1.165, 1.54) is 16.9 Å². The minimum Gasteiger partial charge on any atom is -0.506 e. The van der Waals surface area contributed by atoms with Crippen molar-refractivity contribution >= 4 is 11.1 Å². The van der Waals surface area contributed by atoms with Crippen LogP contribution in [0.4, 0.5) is 0 Å². The van der Waals surface area contributed by atoms with Crippen molar-refractivity contribution in [2.75, 3.05) is 6.79 Å². The summed E-state index contributed by atoms with van der Waals surface area (Å²) in [4.78, 5) is 11.6. The summed E-state index contributed by atoms with van der Waals surface area (Å²) in [7, 11) is 0. The molecule has 0 saturated carbocycles. The molecule has 1 aliphatic heterocycles. The molecule has 1 aromatic carbocycles. The number of hydrogen-bond acceptors (Lipinski definition) is 5. The maximum atomic E-state index is 11.6. The maximum Gasteiger partial charge on any atom is 0.420 e. The van der Waals surface area contributed by atoms with Crippen LogP contribution in [0.25, 0.3) is 11.1 Å². The molecular formula is C11H9NO5. The van der Waals surface area contributed by atoms with Crippen LogP contribution in [0.5, 0.6) is 5.75 Å². The fourth-order valence-electron chi connectivity index (χ4n) is 1.76. The summed E-state index contributed by atoms with van der Waals surface area (Å²) in [6.07, 6.45) is 1.44. The number of benzene rings is 1. The molecule has 3 rings (SSSR count). The quantitative estimate of drug-likeness (QED) is 0.845. The third kappa shape index (κ3) is 1.54. The van der Waals surface area contributed by atoms with Crippen LogP contribution >= 0.6 is 0 Å². The van der Waals surface area contributed by atoms with E-state index in [2.05, 4.69) is 0 Å². The number of hydrogen-bond donors (Lipinski definition) is 1. The molecule has 2 aromatic rings. The Labute approximate surface area is 95.3 Å². The van der Waals surface area contributed by atoms with Crippen LogP contribution in [-0.4, -0.2) is 16.5 Å². The van der Waals surface area contributed by atoms with E-state index in [1.807, 2.05) is 0 Å². The Morgan fingerprint density at radius 2 is 2.29 bits per heavy atom. The Bertz CT molecular complexity index is 651. The zero-order valence-electron chi connectivity index (χ0n) is 8.75. The standard InChI is InChI=1S/C11H9NO5/c13-8-2-1-3-9-10(8)12(11(14)17-9)4-7-5-15-6-16-7/h1-3,5,13H,4,6H2. The summed E-state index contributed by atoms with van der Waals surface area (Å²) in [5.41, 5.74) is 0.698. The van der Waals surface area contributed by atoms with Gasteiger partial charge < -0.3 is 19.0 Å². The van der Waals surface area contributed by atoms with E-state index < -0.39 is 5.76 Å². The van der Waals surface area contributed by atoms with E-state index in [0.717, 1.165) is 0 Å². The van der Waals surface area contributed by atoms with E-state index in [1.54, 1.807) is 12.1 Å². The lowest BCUT2D eigenvalue weighted by molar-refractivity contribution is 0.0766. The second kappa shape index (κ2) is 3.58. The average Bonchev–Trinajstić information content (AvgIpc) is 2.89. The molecule has 0 saturated heterocycles. The van der Waals surface area contributed by atoms with E-state index in [-0.39, 0.29) is 19.1 Å². The van der Waals surface area contributed by atoms with Crippen molar-refractivity contribution in [1.82, 2.24) is 4.57 Å². The van der Waals surface area contributed by atoms with Crippen molar-refractivity contribution < 1.29 is 19.0 Å². The molecule has 0 unspecified atom stereocenters. The van der Waals surface area contributed by atoms with Gasteiger partial charge in [-0.3, -0.25) is 4.57 Å². The summed E-state index contributed by atoms with van der Waals surface area (Å²) in [6, 6.07) is 4.72. The van der Waals surface area contributed by atoms with Gasteiger partial charge in [0.05, 0.1) is 6.54 Å². The lowest BCUT2D eigenvalue weighted by Crippen LogP contribution is -2.15. The molecule has 0 bridgehead atoms. The number of aromatic hydroxyl groups is 1. The van der Waals surface area contributed by atoms with Gasteiger partial charge in [-0.05, 0) is 12.1 Å². The number of aromatic nitrogens is 1. The van der Waals surface area contributed by atoms with Gasteiger partial charge in [-0.2, -0.15) is 0 Å². The molecule has 2 heterocycles. The lowest BCUT2D eigenvalue weighted by atomic mass is 10.3. The predicted octanol–water partition coefficient (Wildman–Crippen LogP) is 1.15. The van der Waals surface area contributed by atoms with E-state index in [9.17, 15) is 9.90 Å². The molecule has 6 nitrogen and oxygen atoms in total. The average molecular weight is 235 g/mol. The summed E-state index contributed by atoms with van der Waals surface area (Å²) < 4.78 is 16.3. The Morgan fingerprint density at radius 1 is 1.41 bits per heavy atom. The first kappa shape index (κ1) is 9.83.